The summed E-state index contributed by atoms with van der Waals surface area (Å²) in [5.74, 6) is 0. The van der Waals surface area contributed by atoms with Crippen LogP contribution in [0.25, 0.3) is 0 Å². The van der Waals surface area contributed by atoms with Gasteiger partial charge in [0.15, 0.2) is 0 Å². The Labute approximate surface area is 94.4 Å². The highest BCUT2D eigenvalue weighted by Crippen LogP contribution is 2.28. The zero-order valence-electron chi connectivity index (χ0n) is 10.6. The lowest BCUT2D eigenvalue weighted by Crippen LogP contribution is -2.42. The molecule has 0 spiro atoms. The van der Waals surface area contributed by atoms with Gasteiger partial charge in [-0.15, -0.1) is 0 Å². The summed E-state index contributed by atoms with van der Waals surface area (Å²) in [4.78, 5) is 2.65. The summed E-state index contributed by atoms with van der Waals surface area (Å²) in [6.45, 7) is 5.82. The minimum absolute atomic E-state index is 0.355. The molecule has 1 unspecified atom stereocenters. The third-order valence-electron chi connectivity index (χ3n) is 4.29. The molecular formula is C13H26N2. The first-order valence-corrected chi connectivity index (χ1v) is 6.55. The Morgan fingerprint density at radius 3 is 2.27 bits per heavy atom. The molecule has 2 fully saturated rings. The van der Waals surface area contributed by atoms with Crippen molar-refractivity contribution in [2.24, 2.45) is 0 Å². The third-order valence-corrected chi connectivity index (χ3v) is 4.29. The molecule has 0 aromatic rings. The van der Waals surface area contributed by atoms with Crippen LogP contribution in [0.15, 0.2) is 0 Å². The molecule has 0 aromatic carbocycles. The molecule has 1 atom stereocenters. The quantitative estimate of drug-likeness (QED) is 0.753. The maximum atomic E-state index is 3.62. The second kappa shape index (κ2) is 4.42. The zero-order valence-corrected chi connectivity index (χ0v) is 10.6. The van der Waals surface area contributed by atoms with E-state index in [0.29, 0.717) is 5.54 Å². The zero-order chi connectivity index (χ0) is 10.9. The summed E-state index contributed by atoms with van der Waals surface area (Å²) in [5.41, 5.74) is 0.355. The molecule has 1 saturated carbocycles. The van der Waals surface area contributed by atoms with Crippen molar-refractivity contribution in [2.45, 2.75) is 70.0 Å². The maximum absolute atomic E-state index is 3.62. The van der Waals surface area contributed by atoms with Crippen LogP contribution in [0, 0.1) is 0 Å². The summed E-state index contributed by atoms with van der Waals surface area (Å²) in [6, 6.07) is 1.63. The van der Waals surface area contributed by atoms with Crippen molar-refractivity contribution >= 4 is 0 Å². The van der Waals surface area contributed by atoms with Crippen LogP contribution < -0.4 is 5.32 Å². The van der Waals surface area contributed by atoms with Gasteiger partial charge in [0.25, 0.3) is 0 Å². The van der Waals surface area contributed by atoms with Crippen LogP contribution in [0.4, 0.5) is 0 Å². The standard InChI is InChI=1S/C13H26N2/c1-13(2)9-12(10-14-13)15(3)11-7-5-4-6-8-11/h11-12,14H,4-10H2,1-3H3. The second-order valence-electron chi connectivity index (χ2n) is 6.08. The Kier molecular flexibility index (Phi) is 3.36. The molecule has 2 aliphatic rings. The molecule has 0 amide bonds. The Morgan fingerprint density at radius 1 is 1.07 bits per heavy atom. The maximum Gasteiger partial charge on any atom is 0.0238 e. The third kappa shape index (κ3) is 2.73. The van der Waals surface area contributed by atoms with Crippen LogP contribution in [0.3, 0.4) is 0 Å². The number of likely N-dealkylation sites (N-methyl/N-ethyl adjacent to an activating group) is 1. The molecule has 1 saturated heterocycles. The molecule has 2 nitrogen and oxygen atoms in total. The first-order valence-electron chi connectivity index (χ1n) is 6.55. The summed E-state index contributed by atoms with van der Waals surface area (Å²) in [5, 5.41) is 3.62. The normalized spacial score (nSPS) is 32.4. The predicted octanol–water partition coefficient (Wildman–Crippen LogP) is 2.39. The van der Waals surface area contributed by atoms with E-state index in [9.17, 15) is 0 Å². The molecule has 0 radical (unpaired) electrons. The largest absolute Gasteiger partial charge is 0.310 e. The van der Waals surface area contributed by atoms with E-state index in [1.165, 1.54) is 45.1 Å². The van der Waals surface area contributed by atoms with E-state index < -0.39 is 0 Å². The highest BCUT2D eigenvalue weighted by atomic mass is 15.2. The minimum atomic E-state index is 0.355. The van der Waals surface area contributed by atoms with Crippen LogP contribution in [-0.2, 0) is 0 Å². The minimum Gasteiger partial charge on any atom is -0.310 e. The number of rotatable bonds is 2. The van der Waals surface area contributed by atoms with Gasteiger partial charge in [-0.2, -0.15) is 0 Å². The van der Waals surface area contributed by atoms with Gasteiger partial charge >= 0.3 is 0 Å². The van der Waals surface area contributed by atoms with Crippen molar-refractivity contribution < 1.29 is 0 Å². The van der Waals surface area contributed by atoms with Gasteiger partial charge in [0.2, 0.25) is 0 Å². The molecule has 15 heavy (non-hydrogen) atoms. The first-order chi connectivity index (χ1) is 7.08. The molecule has 88 valence electrons. The van der Waals surface area contributed by atoms with E-state index in [4.69, 9.17) is 0 Å². The topological polar surface area (TPSA) is 15.3 Å². The van der Waals surface area contributed by atoms with Crippen LogP contribution in [-0.4, -0.2) is 36.1 Å². The van der Waals surface area contributed by atoms with Gasteiger partial charge in [0.05, 0.1) is 0 Å². The molecule has 1 heterocycles. The highest BCUT2D eigenvalue weighted by molar-refractivity contribution is 4.95. The summed E-state index contributed by atoms with van der Waals surface area (Å²) in [6.07, 6.45) is 8.50. The molecule has 1 N–H and O–H groups in total. The Morgan fingerprint density at radius 2 is 1.73 bits per heavy atom. The molecule has 1 aliphatic carbocycles. The van der Waals surface area contributed by atoms with E-state index in [-0.39, 0.29) is 0 Å². The molecule has 2 rings (SSSR count). The Bertz CT molecular complexity index is 207. The van der Waals surface area contributed by atoms with E-state index in [1.807, 2.05) is 0 Å². The summed E-state index contributed by atoms with van der Waals surface area (Å²) in [7, 11) is 2.34. The lowest BCUT2D eigenvalue weighted by molar-refractivity contribution is 0.142. The fourth-order valence-electron chi connectivity index (χ4n) is 3.20. The fourth-order valence-corrected chi connectivity index (χ4v) is 3.20. The van der Waals surface area contributed by atoms with Crippen LogP contribution in [0.1, 0.15) is 52.4 Å². The van der Waals surface area contributed by atoms with Crippen molar-refractivity contribution in [3.8, 4) is 0 Å². The molecule has 2 heteroatoms. The first kappa shape index (κ1) is 11.4. The van der Waals surface area contributed by atoms with Crippen molar-refractivity contribution in [1.82, 2.24) is 10.2 Å². The number of nitrogens with one attached hydrogen (secondary N) is 1. The predicted molar refractivity (Wildman–Crippen MR) is 65.1 cm³/mol. The van der Waals surface area contributed by atoms with Gasteiger partial charge < -0.3 is 5.32 Å². The number of nitrogens with zero attached hydrogens (tertiary/aromatic N) is 1. The Balaban J connectivity index is 1.87. The van der Waals surface area contributed by atoms with Crippen molar-refractivity contribution in [3.05, 3.63) is 0 Å². The van der Waals surface area contributed by atoms with E-state index in [0.717, 1.165) is 12.1 Å². The second-order valence-corrected chi connectivity index (χ2v) is 6.08. The average Bonchev–Trinajstić information content (AvgIpc) is 2.59. The average molecular weight is 210 g/mol. The SMILES string of the molecule is CN(C1CCCCC1)C1CNC(C)(C)C1. The Hall–Kier alpha value is -0.0800. The van der Waals surface area contributed by atoms with Crippen molar-refractivity contribution in [1.29, 1.82) is 0 Å². The smallest absolute Gasteiger partial charge is 0.0238 e. The summed E-state index contributed by atoms with van der Waals surface area (Å²) < 4.78 is 0. The van der Waals surface area contributed by atoms with Gasteiger partial charge in [-0.25, -0.2) is 0 Å². The van der Waals surface area contributed by atoms with Gasteiger partial charge in [-0.05, 0) is 40.2 Å². The lowest BCUT2D eigenvalue weighted by atomic mass is 9.92. The van der Waals surface area contributed by atoms with Crippen LogP contribution in [0.5, 0.6) is 0 Å². The molecule has 0 aromatic heterocycles. The van der Waals surface area contributed by atoms with E-state index in [2.05, 4.69) is 31.1 Å². The molecule has 0 bridgehead atoms. The highest BCUT2D eigenvalue weighted by Gasteiger charge is 2.34. The lowest BCUT2D eigenvalue weighted by Gasteiger charge is -2.35. The number of hydrogen-bond acceptors (Lipinski definition) is 2. The number of hydrogen-bond donors (Lipinski definition) is 1. The fraction of sp³-hybridized carbons (Fsp3) is 1.00. The van der Waals surface area contributed by atoms with Gasteiger partial charge in [0, 0.05) is 24.2 Å². The van der Waals surface area contributed by atoms with E-state index >= 15 is 0 Å². The molecule has 1 aliphatic heterocycles. The van der Waals surface area contributed by atoms with Crippen molar-refractivity contribution in [3.63, 3.8) is 0 Å². The van der Waals surface area contributed by atoms with Gasteiger partial charge in [0.1, 0.15) is 0 Å². The van der Waals surface area contributed by atoms with Crippen molar-refractivity contribution in [2.75, 3.05) is 13.6 Å². The monoisotopic (exact) mass is 210 g/mol. The van der Waals surface area contributed by atoms with E-state index in [1.54, 1.807) is 0 Å². The van der Waals surface area contributed by atoms with Crippen LogP contribution in [0.2, 0.25) is 0 Å². The van der Waals surface area contributed by atoms with Crippen LogP contribution >= 0.6 is 0 Å². The van der Waals surface area contributed by atoms with Gasteiger partial charge in [-0.3, -0.25) is 4.90 Å². The molecular weight excluding hydrogens is 184 g/mol. The van der Waals surface area contributed by atoms with Gasteiger partial charge in [-0.1, -0.05) is 19.3 Å². The summed E-state index contributed by atoms with van der Waals surface area (Å²) >= 11 is 0.